The summed E-state index contributed by atoms with van der Waals surface area (Å²) in [5.41, 5.74) is 0.992. The van der Waals surface area contributed by atoms with Gasteiger partial charge in [-0.2, -0.15) is 17.0 Å². The molecule has 0 spiro atoms. The van der Waals surface area contributed by atoms with Gasteiger partial charge in [-0.1, -0.05) is 6.07 Å². The van der Waals surface area contributed by atoms with Gasteiger partial charge >= 0.3 is 0 Å². The van der Waals surface area contributed by atoms with Crippen LogP contribution in [-0.4, -0.2) is 26.5 Å². The van der Waals surface area contributed by atoms with Gasteiger partial charge in [0.1, 0.15) is 0 Å². The fourth-order valence-corrected chi connectivity index (χ4v) is 3.78. The van der Waals surface area contributed by atoms with Crippen LogP contribution in [-0.2, 0) is 10.0 Å². The number of benzene rings is 1. The van der Waals surface area contributed by atoms with E-state index >= 15 is 0 Å². The Bertz CT molecular complexity index is 577. The molecule has 0 aliphatic heterocycles. The van der Waals surface area contributed by atoms with Crippen LogP contribution in [0.15, 0.2) is 23.1 Å². The van der Waals surface area contributed by atoms with Crippen LogP contribution in [0, 0.1) is 18.3 Å². The third-order valence-electron chi connectivity index (χ3n) is 2.72. The smallest absolute Gasteiger partial charge is 0.208 e. The van der Waals surface area contributed by atoms with Crippen molar-refractivity contribution in [1.82, 2.24) is 4.72 Å². The highest BCUT2D eigenvalue weighted by atomic mass is 32.2. The summed E-state index contributed by atoms with van der Waals surface area (Å²) in [5.74, 6) is 0.904. The van der Waals surface area contributed by atoms with Crippen LogP contribution in [0.3, 0.4) is 0 Å². The zero-order chi connectivity index (χ0) is 14.5. The average Bonchev–Trinajstić information content (AvgIpc) is 2.36. The molecule has 0 amide bonds. The molecule has 0 saturated heterocycles. The van der Waals surface area contributed by atoms with Crippen molar-refractivity contribution in [3.05, 3.63) is 29.3 Å². The molecule has 104 valence electrons. The van der Waals surface area contributed by atoms with Gasteiger partial charge in [-0.25, -0.2) is 13.1 Å². The van der Waals surface area contributed by atoms with E-state index < -0.39 is 10.0 Å². The number of rotatable bonds is 6. The summed E-state index contributed by atoms with van der Waals surface area (Å²) in [4.78, 5) is 0.183. The molecule has 0 radical (unpaired) electrons. The quantitative estimate of drug-likeness (QED) is 0.874. The highest BCUT2D eigenvalue weighted by Gasteiger charge is 2.19. The predicted octanol–water partition coefficient (Wildman–Crippen LogP) is 2.29. The van der Waals surface area contributed by atoms with Gasteiger partial charge in [0, 0.05) is 6.04 Å². The average molecular weight is 298 g/mol. The number of nitrogens with one attached hydrogen (secondary N) is 1. The van der Waals surface area contributed by atoms with Crippen molar-refractivity contribution in [3.8, 4) is 6.07 Å². The molecule has 0 aliphatic carbocycles. The molecule has 6 heteroatoms. The zero-order valence-electron chi connectivity index (χ0n) is 11.3. The van der Waals surface area contributed by atoms with E-state index in [2.05, 4.69) is 4.72 Å². The monoisotopic (exact) mass is 298 g/mol. The summed E-state index contributed by atoms with van der Waals surface area (Å²) < 4.78 is 27.2. The van der Waals surface area contributed by atoms with E-state index in [0.29, 0.717) is 11.1 Å². The van der Waals surface area contributed by atoms with E-state index in [1.165, 1.54) is 6.07 Å². The van der Waals surface area contributed by atoms with Crippen molar-refractivity contribution >= 4 is 21.8 Å². The normalized spacial score (nSPS) is 12.9. The first-order valence-corrected chi connectivity index (χ1v) is 8.80. The third kappa shape index (κ3) is 4.53. The highest BCUT2D eigenvalue weighted by Crippen LogP contribution is 2.17. The van der Waals surface area contributed by atoms with Crippen LogP contribution >= 0.6 is 11.8 Å². The van der Waals surface area contributed by atoms with Gasteiger partial charge < -0.3 is 0 Å². The van der Waals surface area contributed by atoms with E-state index in [-0.39, 0.29) is 10.9 Å². The van der Waals surface area contributed by atoms with Gasteiger partial charge in [0.15, 0.2) is 0 Å². The maximum Gasteiger partial charge on any atom is 0.241 e. The van der Waals surface area contributed by atoms with Crippen LogP contribution in [0.4, 0.5) is 0 Å². The standard InChI is InChI=1S/C13H18N2O2S2/c1-10-4-5-12(9-14)8-13(10)19(16,17)15-11(2)6-7-18-3/h4-5,8,11,15H,6-7H2,1-3H3. The topological polar surface area (TPSA) is 70.0 Å². The highest BCUT2D eigenvalue weighted by molar-refractivity contribution is 7.98. The molecule has 1 N–H and O–H groups in total. The second-order valence-electron chi connectivity index (χ2n) is 4.40. The second-order valence-corrected chi connectivity index (χ2v) is 7.06. The van der Waals surface area contributed by atoms with Crippen LogP contribution in [0.2, 0.25) is 0 Å². The number of nitriles is 1. The summed E-state index contributed by atoms with van der Waals surface area (Å²) in [7, 11) is -3.56. The summed E-state index contributed by atoms with van der Waals surface area (Å²) in [6.07, 6.45) is 2.76. The first-order chi connectivity index (χ1) is 8.90. The van der Waals surface area contributed by atoms with Gasteiger partial charge in [0.25, 0.3) is 0 Å². The number of nitrogens with zero attached hydrogens (tertiary/aromatic N) is 1. The first-order valence-electron chi connectivity index (χ1n) is 5.92. The third-order valence-corrected chi connectivity index (χ3v) is 5.09. The molecule has 0 bridgehead atoms. The molecule has 0 saturated carbocycles. The number of sulfonamides is 1. The van der Waals surface area contributed by atoms with Crippen LogP contribution in [0.1, 0.15) is 24.5 Å². The maximum absolute atomic E-state index is 12.3. The summed E-state index contributed by atoms with van der Waals surface area (Å²) >= 11 is 1.68. The molecule has 1 aromatic carbocycles. The molecule has 1 atom stereocenters. The lowest BCUT2D eigenvalue weighted by Gasteiger charge is -2.15. The molecule has 0 heterocycles. The predicted molar refractivity (Wildman–Crippen MR) is 78.7 cm³/mol. The lowest BCUT2D eigenvalue weighted by molar-refractivity contribution is 0.556. The molecular formula is C13H18N2O2S2. The minimum Gasteiger partial charge on any atom is -0.208 e. The molecule has 0 aliphatic rings. The Kier molecular flexibility index (Phi) is 5.85. The minimum absolute atomic E-state index is 0.123. The van der Waals surface area contributed by atoms with Gasteiger partial charge in [0.2, 0.25) is 10.0 Å². The van der Waals surface area contributed by atoms with Crippen molar-refractivity contribution in [3.63, 3.8) is 0 Å². The molecule has 0 aromatic heterocycles. The number of hydrogen-bond acceptors (Lipinski definition) is 4. The minimum atomic E-state index is -3.56. The van der Waals surface area contributed by atoms with E-state index in [1.54, 1.807) is 30.8 Å². The Morgan fingerprint density at radius 3 is 2.74 bits per heavy atom. The fourth-order valence-electron chi connectivity index (χ4n) is 1.64. The molecule has 19 heavy (non-hydrogen) atoms. The summed E-state index contributed by atoms with van der Waals surface area (Å²) in [6.45, 7) is 3.57. The summed E-state index contributed by atoms with van der Waals surface area (Å²) in [6, 6.07) is 6.52. The molecule has 4 nitrogen and oxygen atoms in total. The molecular weight excluding hydrogens is 280 g/mol. The van der Waals surface area contributed by atoms with E-state index in [1.807, 2.05) is 19.2 Å². The zero-order valence-corrected chi connectivity index (χ0v) is 12.9. The van der Waals surface area contributed by atoms with Crippen molar-refractivity contribution in [2.45, 2.75) is 31.2 Å². The molecule has 0 fully saturated rings. The first kappa shape index (κ1) is 16.0. The van der Waals surface area contributed by atoms with E-state index in [0.717, 1.165) is 12.2 Å². The van der Waals surface area contributed by atoms with Crippen molar-refractivity contribution in [2.24, 2.45) is 0 Å². The van der Waals surface area contributed by atoms with E-state index in [9.17, 15) is 8.42 Å². The van der Waals surface area contributed by atoms with Gasteiger partial charge in [0.05, 0.1) is 16.5 Å². The molecule has 1 aromatic rings. The Hall–Kier alpha value is -1.03. The van der Waals surface area contributed by atoms with Gasteiger partial charge in [-0.3, -0.25) is 0 Å². The van der Waals surface area contributed by atoms with E-state index in [4.69, 9.17) is 5.26 Å². The number of hydrogen-bond donors (Lipinski definition) is 1. The second kappa shape index (κ2) is 6.94. The fraction of sp³-hybridized carbons (Fsp3) is 0.462. The molecule has 1 unspecified atom stereocenters. The van der Waals surface area contributed by atoms with Crippen LogP contribution in [0.5, 0.6) is 0 Å². The largest absolute Gasteiger partial charge is 0.241 e. The Morgan fingerprint density at radius 1 is 1.47 bits per heavy atom. The van der Waals surface area contributed by atoms with Gasteiger partial charge in [-0.05, 0) is 50.0 Å². The Labute approximate surface area is 119 Å². The SMILES string of the molecule is CSCCC(C)NS(=O)(=O)c1cc(C#N)ccc1C. The Balaban J connectivity index is 2.97. The lowest BCUT2D eigenvalue weighted by Crippen LogP contribution is -2.33. The van der Waals surface area contributed by atoms with Crippen molar-refractivity contribution < 1.29 is 8.42 Å². The summed E-state index contributed by atoms with van der Waals surface area (Å²) in [5, 5.41) is 8.85. The number of thioether (sulfide) groups is 1. The van der Waals surface area contributed by atoms with Gasteiger partial charge in [-0.15, -0.1) is 0 Å². The van der Waals surface area contributed by atoms with Crippen LogP contribution < -0.4 is 4.72 Å². The lowest BCUT2D eigenvalue weighted by atomic mass is 10.2. The number of aryl methyl sites for hydroxylation is 1. The van der Waals surface area contributed by atoms with Crippen molar-refractivity contribution in [1.29, 1.82) is 5.26 Å². The maximum atomic E-state index is 12.3. The molecule has 1 rings (SSSR count). The van der Waals surface area contributed by atoms with Crippen LogP contribution in [0.25, 0.3) is 0 Å². The van der Waals surface area contributed by atoms with Crippen molar-refractivity contribution in [2.75, 3.05) is 12.0 Å². The Morgan fingerprint density at radius 2 is 2.16 bits per heavy atom.